The molecule has 0 aliphatic heterocycles. The van der Waals surface area contributed by atoms with Crippen molar-refractivity contribution in [2.45, 2.75) is 26.7 Å². The van der Waals surface area contributed by atoms with Crippen LogP contribution in [0.2, 0.25) is 0 Å². The first-order valence-electron chi connectivity index (χ1n) is 11.3. The fourth-order valence-electron chi connectivity index (χ4n) is 3.28. The molecule has 0 unspecified atom stereocenters. The van der Waals surface area contributed by atoms with Crippen LogP contribution < -0.4 is 10.6 Å². The van der Waals surface area contributed by atoms with Crippen molar-refractivity contribution in [3.63, 3.8) is 0 Å². The lowest BCUT2D eigenvalue weighted by atomic mass is 10.1. The third kappa shape index (κ3) is 7.80. The van der Waals surface area contributed by atoms with Gasteiger partial charge in [-0.1, -0.05) is 0 Å². The van der Waals surface area contributed by atoms with Gasteiger partial charge in [0.25, 0.3) is 0 Å². The minimum absolute atomic E-state index is 0.0799. The number of hydrogen-bond donors (Lipinski definition) is 2. The quantitative estimate of drug-likeness (QED) is 0.208. The van der Waals surface area contributed by atoms with Gasteiger partial charge in [-0.15, -0.1) is 22.7 Å². The molecule has 2 rings (SSSR count). The van der Waals surface area contributed by atoms with Crippen molar-refractivity contribution in [3.8, 4) is 0 Å². The van der Waals surface area contributed by atoms with Crippen LogP contribution in [0.25, 0.3) is 0 Å². The Morgan fingerprint density at radius 1 is 0.615 bits per heavy atom. The molecule has 0 radical (unpaired) electrons. The number of thiophene rings is 2. The topological polar surface area (TPSA) is 163 Å². The van der Waals surface area contributed by atoms with Crippen molar-refractivity contribution >= 4 is 80.1 Å². The van der Waals surface area contributed by atoms with Gasteiger partial charge in [-0.05, 0) is 25.0 Å². The van der Waals surface area contributed by atoms with Gasteiger partial charge in [0.1, 0.15) is 19.8 Å². The zero-order valence-corrected chi connectivity index (χ0v) is 24.6. The van der Waals surface area contributed by atoms with Crippen LogP contribution in [-0.2, 0) is 28.5 Å². The number of methoxy groups -OCH3 is 4. The number of ether oxygens (including phenoxy) is 4. The summed E-state index contributed by atoms with van der Waals surface area (Å²) in [6.45, 7) is 3.13. The molecular weight excluding hydrogens is 572 g/mol. The molecule has 12 nitrogen and oxygen atoms in total. The average molecular weight is 601 g/mol. The van der Waals surface area contributed by atoms with E-state index in [1.54, 1.807) is 13.8 Å². The Bertz CT molecular complexity index is 1190. The molecule has 39 heavy (non-hydrogen) atoms. The predicted octanol–water partition coefficient (Wildman–Crippen LogP) is 3.66. The molecule has 0 aromatic carbocycles. The van der Waals surface area contributed by atoms with Gasteiger partial charge >= 0.3 is 23.9 Å². The maximum Gasteiger partial charge on any atom is 0.348 e. The Morgan fingerprint density at radius 2 is 0.949 bits per heavy atom. The lowest BCUT2D eigenvalue weighted by Crippen LogP contribution is -2.16. The summed E-state index contributed by atoms with van der Waals surface area (Å²) >= 11 is 3.19. The van der Waals surface area contributed by atoms with Crippen molar-refractivity contribution in [1.82, 2.24) is 0 Å². The second-order valence-electron chi connectivity index (χ2n) is 7.70. The first-order valence-corrected chi connectivity index (χ1v) is 14.1. The van der Waals surface area contributed by atoms with Gasteiger partial charge in [0, 0.05) is 24.3 Å². The first-order chi connectivity index (χ1) is 18.5. The van der Waals surface area contributed by atoms with E-state index in [0.29, 0.717) is 22.6 Å². The highest BCUT2D eigenvalue weighted by molar-refractivity contribution is 7.99. The monoisotopic (exact) mass is 600 g/mol. The minimum Gasteiger partial charge on any atom is -0.465 e. The molecule has 2 N–H and O–H groups in total. The molecule has 0 fully saturated rings. The van der Waals surface area contributed by atoms with Crippen molar-refractivity contribution in [2.75, 3.05) is 50.6 Å². The van der Waals surface area contributed by atoms with Gasteiger partial charge in [0.2, 0.25) is 11.8 Å². The molecule has 0 saturated carbocycles. The lowest BCUT2D eigenvalue weighted by molar-refractivity contribution is -0.116. The highest BCUT2D eigenvalue weighted by atomic mass is 32.2. The summed E-state index contributed by atoms with van der Waals surface area (Å²) in [4.78, 5) is 73.7. The van der Waals surface area contributed by atoms with Crippen LogP contribution in [0.4, 0.5) is 10.0 Å². The van der Waals surface area contributed by atoms with E-state index < -0.39 is 23.9 Å². The zero-order chi connectivity index (χ0) is 29.3. The van der Waals surface area contributed by atoms with Gasteiger partial charge < -0.3 is 29.6 Å². The number of carbonyl (C=O) groups excluding carboxylic acids is 6. The highest BCUT2D eigenvalue weighted by Crippen LogP contribution is 2.35. The molecule has 0 spiro atoms. The smallest absolute Gasteiger partial charge is 0.348 e. The Balaban J connectivity index is 1.92. The second kappa shape index (κ2) is 14.6. The summed E-state index contributed by atoms with van der Waals surface area (Å²) < 4.78 is 19.0. The summed E-state index contributed by atoms with van der Waals surface area (Å²) in [5.74, 6) is -2.67. The number of nitrogens with one attached hydrogen (secondary N) is 2. The molecule has 0 bridgehead atoms. The molecule has 2 aromatic heterocycles. The minimum atomic E-state index is -0.690. The molecule has 0 aliphatic rings. The summed E-state index contributed by atoms with van der Waals surface area (Å²) in [5.41, 5.74) is 0.880. The van der Waals surface area contributed by atoms with Crippen LogP contribution in [0.3, 0.4) is 0 Å². The number of carbonyl (C=O) groups is 6. The molecule has 212 valence electrons. The third-order valence-corrected chi connectivity index (χ3v) is 8.63. The van der Waals surface area contributed by atoms with E-state index in [2.05, 4.69) is 10.6 Å². The number of rotatable bonds is 12. The van der Waals surface area contributed by atoms with Crippen LogP contribution in [0.5, 0.6) is 0 Å². The number of anilines is 2. The van der Waals surface area contributed by atoms with Crippen molar-refractivity contribution in [1.29, 1.82) is 0 Å². The van der Waals surface area contributed by atoms with E-state index >= 15 is 0 Å². The third-order valence-electron chi connectivity index (χ3n) is 5.27. The number of thioether (sulfide) groups is 1. The van der Waals surface area contributed by atoms with E-state index in [4.69, 9.17) is 18.9 Å². The number of hydrogen-bond acceptors (Lipinski definition) is 13. The van der Waals surface area contributed by atoms with Crippen molar-refractivity contribution < 1.29 is 47.7 Å². The lowest BCUT2D eigenvalue weighted by Gasteiger charge is -2.07. The molecule has 2 aromatic rings. The predicted molar refractivity (Wildman–Crippen MR) is 147 cm³/mol. The molecule has 2 amide bonds. The second-order valence-corrected chi connectivity index (χ2v) is 11.0. The van der Waals surface area contributed by atoms with Crippen molar-refractivity contribution in [3.05, 3.63) is 32.0 Å². The van der Waals surface area contributed by atoms with E-state index in [-0.39, 0.29) is 55.5 Å². The molecule has 0 saturated heterocycles. The van der Waals surface area contributed by atoms with E-state index in [0.717, 1.165) is 22.7 Å². The summed E-state index contributed by atoms with van der Waals surface area (Å²) in [6, 6.07) is 0. The maximum absolute atomic E-state index is 12.5. The normalized spacial score (nSPS) is 10.4. The van der Waals surface area contributed by atoms with Crippen molar-refractivity contribution in [2.24, 2.45) is 0 Å². The van der Waals surface area contributed by atoms with Gasteiger partial charge in [0.05, 0.1) is 39.6 Å². The molecule has 15 heteroatoms. The van der Waals surface area contributed by atoms with E-state index in [1.165, 1.54) is 40.2 Å². The van der Waals surface area contributed by atoms with Gasteiger partial charge in [-0.25, -0.2) is 19.2 Å². The number of amides is 2. The maximum atomic E-state index is 12.5. The molecule has 0 atom stereocenters. The van der Waals surface area contributed by atoms with Gasteiger partial charge in [0.15, 0.2) is 0 Å². The largest absolute Gasteiger partial charge is 0.465 e. The molecular formula is C24H28N2O10S3. The van der Waals surface area contributed by atoms with Crippen LogP contribution >= 0.6 is 34.4 Å². The first kappa shape index (κ1) is 31.8. The van der Waals surface area contributed by atoms with Gasteiger partial charge in [-0.2, -0.15) is 11.8 Å². The summed E-state index contributed by atoms with van der Waals surface area (Å²) in [6.07, 6.45) is 0.160. The molecule has 2 heterocycles. The standard InChI is InChI=1S/C24H28N2O10S3/c1-11-15(21(29)33-3)19(38-17(11)23(31)35-5)25-13(27)7-9-37-10-8-14(28)26-20-16(22(30)34-4)12(2)18(39-20)24(32)36-6/h7-10H2,1-6H3,(H,25,27)(H,26,28). The van der Waals surface area contributed by atoms with Crippen LogP contribution in [0.1, 0.15) is 64.0 Å². The highest BCUT2D eigenvalue weighted by Gasteiger charge is 2.28. The Labute approximate surface area is 236 Å². The zero-order valence-electron chi connectivity index (χ0n) is 22.1. The fourth-order valence-corrected chi connectivity index (χ4v) is 6.41. The van der Waals surface area contributed by atoms with E-state index in [9.17, 15) is 28.8 Å². The summed E-state index contributed by atoms with van der Waals surface area (Å²) in [7, 11) is 4.83. The van der Waals surface area contributed by atoms with Crippen LogP contribution in [-0.4, -0.2) is 75.6 Å². The SMILES string of the molecule is COC(=O)c1sc(NC(=O)CCSCCC(=O)Nc2sc(C(=O)OC)c(C)c2C(=O)OC)c(C(=O)OC)c1C. The van der Waals surface area contributed by atoms with E-state index in [1.807, 2.05) is 0 Å². The average Bonchev–Trinajstić information content (AvgIpc) is 3.41. The van der Waals surface area contributed by atoms with Crippen LogP contribution in [0.15, 0.2) is 0 Å². The Hall–Kier alpha value is -3.43. The Morgan fingerprint density at radius 3 is 1.26 bits per heavy atom. The summed E-state index contributed by atoms with van der Waals surface area (Å²) in [5, 5.41) is 5.66. The fraction of sp³-hybridized carbons (Fsp3) is 0.417. The van der Waals surface area contributed by atoms with Gasteiger partial charge in [-0.3, -0.25) is 9.59 Å². The molecule has 0 aliphatic carbocycles. The van der Waals surface area contributed by atoms with Crippen LogP contribution in [0, 0.1) is 13.8 Å². The Kier molecular flexibility index (Phi) is 11.9. The number of esters is 4.